The van der Waals surface area contributed by atoms with Gasteiger partial charge in [-0.3, -0.25) is 14.9 Å². The summed E-state index contributed by atoms with van der Waals surface area (Å²) in [5, 5.41) is 10.3. The number of rotatable bonds is 2. The van der Waals surface area contributed by atoms with Crippen molar-refractivity contribution in [2.24, 2.45) is 0 Å². The summed E-state index contributed by atoms with van der Waals surface area (Å²) in [6, 6.07) is 6.00. The van der Waals surface area contributed by atoms with E-state index in [1.54, 1.807) is 26.2 Å². The average Bonchev–Trinajstić information content (AvgIpc) is 2.18. The molecule has 1 aromatic rings. The number of nitro benzene ring substituents is 1. The molecule has 5 nitrogen and oxygen atoms in total. The van der Waals surface area contributed by atoms with E-state index in [0.29, 0.717) is 4.90 Å². The lowest BCUT2D eigenvalue weighted by Crippen LogP contribution is -2.15. The number of carbonyl (C=O) groups is 1. The SMILES string of the molecule is CN(C)C(=O)Sc1cccc([N+](=O)[O-])c1. The van der Waals surface area contributed by atoms with Gasteiger partial charge in [0.1, 0.15) is 0 Å². The Balaban J connectivity index is 2.83. The van der Waals surface area contributed by atoms with Gasteiger partial charge >= 0.3 is 0 Å². The van der Waals surface area contributed by atoms with Gasteiger partial charge in [0, 0.05) is 31.1 Å². The van der Waals surface area contributed by atoms with Gasteiger partial charge in [0.25, 0.3) is 10.9 Å². The molecule has 0 unspecified atom stereocenters. The fraction of sp³-hybridized carbons (Fsp3) is 0.222. The Morgan fingerprint density at radius 2 is 2.13 bits per heavy atom. The Bertz CT molecular complexity index is 393. The maximum absolute atomic E-state index is 11.3. The molecule has 1 rings (SSSR count). The van der Waals surface area contributed by atoms with Crippen LogP contribution in [0.1, 0.15) is 0 Å². The van der Waals surface area contributed by atoms with Crippen LogP contribution < -0.4 is 0 Å². The van der Waals surface area contributed by atoms with E-state index in [4.69, 9.17) is 0 Å². The number of benzene rings is 1. The predicted molar refractivity (Wildman–Crippen MR) is 58.0 cm³/mol. The Labute approximate surface area is 91.2 Å². The third kappa shape index (κ3) is 3.25. The van der Waals surface area contributed by atoms with Crippen molar-refractivity contribution < 1.29 is 9.72 Å². The molecule has 0 radical (unpaired) electrons. The van der Waals surface area contributed by atoms with Gasteiger partial charge < -0.3 is 4.90 Å². The molecule has 0 aliphatic carbocycles. The maximum Gasteiger partial charge on any atom is 0.285 e. The molecule has 80 valence electrons. The van der Waals surface area contributed by atoms with Crippen LogP contribution in [-0.2, 0) is 0 Å². The predicted octanol–water partition coefficient (Wildman–Crippen LogP) is 2.37. The lowest BCUT2D eigenvalue weighted by Gasteiger charge is -2.08. The molecule has 0 spiro atoms. The molecule has 0 fully saturated rings. The van der Waals surface area contributed by atoms with Gasteiger partial charge in [0.05, 0.1) is 4.92 Å². The van der Waals surface area contributed by atoms with Gasteiger partial charge in [-0.25, -0.2) is 0 Å². The van der Waals surface area contributed by atoms with E-state index in [1.807, 2.05) is 0 Å². The van der Waals surface area contributed by atoms with Crippen molar-refractivity contribution in [1.29, 1.82) is 0 Å². The smallest absolute Gasteiger partial charge is 0.285 e. The molecule has 0 N–H and O–H groups in total. The number of hydrogen-bond acceptors (Lipinski definition) is 4. The second-order valence-electron chi connectivity index (χ2n) is 3.02. The molecule has 0 aliphatic heterocycles. The summed E-state index contributed by atoms with van der Waals surface area (Å²) in [5.41, 5.74) is -0.00782. The van der Waals surface area contributed by atoms with E-state index >= 15 is 0 Å². The first kappa shape index (κ1) is 11.5. The summed E-state index contributed by atoms with van der Waals surface area (Å²) in [6.07, 6.45) is 0. The molecule has 0 saturated heterocycles. The summed E-state index contributed by atoms with van der Waals surface area (Å²) in [7, 11) is 3.26. The van der Waals surface area contributed by atoms with Crippen LogP contribution in [0.25, 0.3) is 0 Å². The van der Waals surface area contributed by atoms with Gasteiger partial charge in [-0.05, 0) is 17.8 Å². The van der Waals surface area contributed by atoms with Gasteiger partial charge in [-0.2, -0.15) is 0 Å². The Hall–Kier alpha value is -1.56. The van der Waals surface area contributed by atoms with Crippen molar-refractivity contribution in [3.05, 3.63) is 34.4 Å². The monoisotopic (exact) mass is 226 g/mol. The lowest BCUT2D eigenvalue weighted by molar-refractivity contribution is -0.385. The average molecular weight is 226 g/mol. The number of nitrogens with zero attached hydrogens (tertiary/aromatic N) is 2. The first-order valence-electron chi connectivity index (χ1n) is 4.14. The van der Waals surface area contributed by atoms with Crippen molar-refractivity contribution in [1.82, 2.24) is 4.90 Å². The van der Waals surface area contributed by atoms with Crippen molar-refractivity contribution >= 4 is 22.7 Å². The maximum atomic E-state index is 11.3. The number of nitro groups is 1. The summed E-state index contributed by atoms with van der Waals surface area (Å²) in [5.74, 6) is 0. The van der Waals surface area contributed by atoms with Crippen molar-refractivity contribution in [2.45, 2.75) is 4.90 Å². The van der Waals surface area contributed by atoms with Crippen LogP contribution in [0.4, 0.5) is 10.5 Å². The van der Waals surface area contributed by atoms with Crippen LogP contribution in [-0.4, -0.2) is 29.2 Å². The van der Waals surface area contributed by atoms with E-state index in [2.05, 4.69) is 0 Å². The van der Waals surface area contributed by atoms with Gasteiger partial charge in [0.2, 0.25) is 0 Å². The van der Waals surface area contributed by atoms with Crippen LogP contribution in [0.3, 0.4) is 0 Å². The van der Waals surface area contributed by atoms with Crippen LogP contribution in [0.2, 0.25) is 0 Å². The number of amides is 1. The highest BCUT2D eigenvalue weighted by molar-refractivity contribution is 8.13. The molecule has 0 aliphatic rings. The van der Waals surface area contributed by atoms with Gasteiger partial charge in [-0.1, -0.05) is 6.07 Å². The molecule has 1 aromatic carbocycles. The highest BCUT2D eigenvalue weighted by atomic mass is 32.2. The van der Waals surface area contributed by atoms with Crippen LogP contribution in [0.15, 0.2) is 29.2 Å². The first-order valence-corrected chi connectivity index (χ1v) is 4.96. The zero-order valence-corrected chi connectivity index (χ0v) is 9.15. The largest absolute Gasteiger partial charge is 0.339 e. The number of thioether (sulfide) groups is 1. The van der Waals surface area contributed by atoms with E-state index in [9.17, 15) is 14.9 Å². The standard InChI is InChI=1S/C9H10N2O3S/c1-10(2)9(12)15-8-5-3-4-7(6-8)11(13)14/h3-6H,1-2H3. The summed E-state index contributed by atoms with van der Waals surface area (Å²) in [6.45, 7) is 0. The normalized spacial score (nSPS) is 9.73. The number of non-ortho nitro benzene ring substituents is 1. The number of carbonyl (C=O) groups excluding carboxylic acids is 1. The molecule has 6 heteroatoms. The molecule has 1 amide bonds. The second kappa shape index (κ2) is 4.79. The minimum Gasteiger partial charge on any atom is -0.339 e. The van der Waals surface area contributed by atoms with Gasteiger partial charge in [-0.15, -0.1) is 0 Å². The minimum atomic E-state index is -0.482. The third-order valence-electron chi connectivity index (χ3n) is 1.60. The minimum absolute atomic E-state index is 0.00782. The zero-order chi connectivity index (χ0) is 11.4. The van der Waals surface area contributed by atoms with Crippen molar-refractivity contribution in [3.8, 4) is 0 Å². The highest BCUT2D eigenvalue weighted by Gasteiger charge is 2.10. The Morgan fingerprint density at radius 3 is 2.67 bits per heavy atom. The lowest BCUT2D eigenvalue weighted by atomic mass is 10.3. The van der Waals surface area contributed by atoms with Crippen LogP contribution in [0.5, 0.6) is 0 Å². The molecule has 0 aromatic heterocycles. The van der Waals surface area contributed by atoms with E-state index in [0.717, 1.165) is 11.8 Å². The van der Waals surface area contributed by atoms with Crippen LogP contribution >= 0.6 is 11.8 Å². The summed E-state index contributed by atoms with van der Waals surface area (Å²) >= 11 is 0.966. The van der Waals surface area contributed by atoms with E-state index in [1.165, 1.54) is 17.0 Å². The molecule has 0 atom stereocenters. The van der Waals surface area contributed by atoms with Crippen LogP contribution in [0, 0.1) is 10.1 Å². The first-order chi connectivity index (χ1) is 7.00. The molecule has 0 saturated carbocycles. The molecule has 0 bridgehead atoms. The van der Waals surface area contributed by atoms with Gasteiger partial charge in [0.15, 0.2) is 0 Å². The zero-order valence-electron chi connectivity index (χ0n) is 8.34. The number of hydrogen-bond donors (Lipinski definition) is 0. The summed E-state index contributed by atoms with van der Waals surface area (Å²) in [4.78, 5) is 23.3. The third-order valence-corrected chi connectivity index (χ3v) is 2.63. The molecular weight excluding hydrogens is 216 g/mol. The molecule has 0 heterocycles. The quantitative estimate of drug-likeness (QED) is 0.441. The van der Waals surface area contributed by atoms with Crippen molar-refractivity contribution in [2.75, 3.05) is 14.1 Å². The topological polar surface area (TPSA) is 63.5 Å². The second-order valence-corrected chi connectivity index (χ2v) is 4.04. The van der Waals surface area contributed by atoms with Crippen molar-refractivity contribution in [3.63, 3.8) is 0 Å². The summed E-state index contributed by atoms with van der Waals surface area (Å²) < 4.78 is 0. The highest BCUT2D eigenvalue weighted by Crippen LogP contribution is 2.24. The van der Waals surface area contributed by atoms with E-state index < -0.39 is 4.92 Å². The fourth-order valence-corrected chi connectivity index (χ4v) is 1.56. The Morgan fingerprint density at radius 1 is 1.47 bits per heavy atom. The Kier molecular flexibility index (Phi) is 3.68. The molecule has 15 heavy (non-hydrogen) atoms. The fourth-order valence-electron chi connectivity index (χ4n) is 0.853. The van der Waals surface area contributed by atoms with E-state index in [-0.39, 0.29) is 10.9 Å². The molecular formula is C9H10N2O3S.